The maximum Gasteiger partial charge on any atom is 0.152 e. The third-order valence-electron chi connectivity index (χ3n) is 4.08. The van der Waals surface area contributed by atoms with Gasteiger partial charge < -0.3 is 9.15 Å². The van der Waals surface area contributed by atoms with E-state index in [9.17, 15) is 0 Å². The van der Waals surface area contributed by atoms with Crippen LogP contribution in [-0.2, 0) is 13.0 Å². The lowest BCUT2D eigenvalue weighted by molar-refractivity contribution is 0.160. The number of aromatic nitrogens is 2. The molecule has 1 atom stereocenters. The Hall–Kier alpha value is -2.53. The van der Waals surface area contributed by atoms with Gasteiger partial charge in [0.1, 0.15) is 23.3 Å². The van der Waals surface area contributed by atoms with Crippen LogP contribution in [0.5, 0.6) is 5.75 Å². The number of furan rings is 1. The second-order valence-electron chi connectivity index (χ2n) is 5.98. The van der Waals surface area contributed by atoms with Gasteiger partial charge in [-0.15, -0.1) is 0 Å². The van der Waals surface area contributed by atoms with E-state index in [1.54, 1.807) is 6.20 Å². The molecule has 0 spiro atoms. The third kappa shape index (κ3) is 3.00. The zero-order valence-corrected chi connectivity index (χ0v) is 13.0. The highest BCUT2D eigenvalue weighted by Gasteiger charge is 2.23. The number of ether oxygens (including phenoxy) is 1. The SMILES string of the molecule is CN(Cc1ccc(-c2ccn[nH]2)o1)C[C@@H]1Cc2ccccc2O1. The average molecular weight is 309 g/mol. The summed E-state index contributed by atoms with van der Waals surface area (Å²) in [4.78, 5) is 2.23. The van der Waals surface area contributed by atoms with Crippen molar-refractivity contribution in [2.24, 2.45) is 0 Å². The first-order chi connectivity index (χ1) is 11.3. The largest absolute Gasteiger partial charge is 0.488 e. The van der Waals surface area contributed by atoms with Crippen LogP contribution in [-0.4, -0.2) is 34.8 Å². The first-order valence-corrected chi connectivity index (χ1v) is 7.79. The standard InChI is InChI=1S/C18H19N3O2/c1-21(12-15-10-13-4-2-3-5-17(13)23-15)11-14-6-7-18(22-14)16-8-9-19-20-16/h2-9,15H,10-12H2,1H3,(H,19,20)/t15-/m0/s1. The van der Waals surface area contributed by atoms with Gasteiger partial charge in [-0.25, -0.2) is 0 Å². The number of hydrogen-bond donors (Lipinski definition) is 1. The van der Waals surface area contributed by atoms with Gasteiger partial charge in [0.05, 0.1) is 6.54 Å². The molecule has 118 valence electrons. The maximum atomic E-state index is 5.99. The Morgan fingerprint density at radius 2 is 2.13 bits per heavy atom. The normalized spacial score (nSPS) is 16.5. The van der Waals surface area contributed by atoms with Crippen LogP contribution in [0.2, 0.25) is 0 Å². The predicted molar refractivity (Wildman–Crippen MR) is 87.2 cm³/mol. The highest BCUT2D eigenvalue weighted by atomic mass is 16.5. The molecule has 1 N–H and O–H groups in total. The molecule has 1 aromatic carbocycles. The van der Waals surface area contributed by atoms with Crippen LogP contribution >= 0.6 is 0 Å². The molecule has 0 unspecified atom stereocenters. The van der Waals surface area contributed by atoms with Gasteiger partial charge in [-0.05, 0) is 36.9 Å². The van der Waals surface area contributed by atoms with E-state index in [0.29, 0.717) is 0 Å². The van der Waals surface area contributed by atoms with Gasteiger partial charge in [0.25, 0.3) is 0 Å². The fourth-order valence-electron chi connectivity index (χ4n) is 3.03. The van der Waals surface area contributed by atoms with Crippen LogP contribution in [0.4, 0.5) is 0 Å². The van der Waals surface area contributed by atoms with E-state index in [1.807, 2.05) is 30.3 Å². The molecular formula is C18H19N3O2. The summed E-state index contributed by atoms with van der Waals surface area (Å²) in [5.74, 6) is 2.77. The Morgan fingerprint density at radius 1 is 1.22 bits per heavy atom. The lowest BCUT2D eigenvalue weighted by atomic mass is 10.1. The van der Waals surface area contributed by atoms with Crippen molar-refractivity contribution in [3.63, 3.8) is 0 Å². The van der Waals surface area contributed by atoms with Crippen molar-refractivity contribution in [1.29, 1.82) is 0 Å². The van der Waals surface area contributed by atoms with Crippen LogP contribution in [0.1, 0.15) is 11.3 Å². The van der Waals surface area contributed by atoms with E-state index in [1.165, 1.54) is 5.56 Å². The molecule has 0 fully saturated rings. The fraction of sp³-hybridized carbons (Fsp3) is 0.278. The number of likely N-dealkylation sites (N-methyl/N-ethyl adjacent to an activating group) is 1. The van der Waals surface area contributed by atoms with Crippen LogP contribution in [0.15, 0.2) is 53.1 Å². The number of aromatic amines is 1. The van der Waals surface area contributed by atoms with Crippen molar-refractivity contribution in [3.8, 4) is 17.2 Å². The second-order valence-corrected chi connectivity index (χ2v) is 5.98. The van der Waals surface area contributed by atoms with Crippen LogP contribution in [0, 0.1) is 0 Å². The molecule has 3 aromatic rings. The van der Waals surface area contributed by atoms with E-state index >= 15 is 0 Å². The molecule has 23 heavy (non-hydrogen) atoms. The molecule has 1 aliphatic heterocycles. The molecule has 0 saturated carbocycles. The summed E-state index contributed by atoms with van der Waals surface area (Å²) in [5.41, 5.74) is 2.19. The molecular weight excluding hydrogens is 290 g/mol. The van der Waals surface area contributed by atoms with Crippen LogP contribution in [0.25, 0.3) is 11.5 Å². The number of nitrogens with zero attached hydrogens (tertiary/aromatic N) is 2. The van der Waals surface area contributed by atoms with Gasteiger partial charge in [-0.2, -0.15) is 5.10 Å². The van der Waals surface area contributed by atoms with E-state index in [2.05, 4.69) is 34.3 Å². The first kappa shape index (κ1) is 14.1. The molecule has 0 saturated heterocycles. The third-order valence-corrected chi connectivity index (χ3v) is 4.08. The van der Waals surface area contributed by atoms with Gasteiger partial charge in [0, 0.05) is 19.2 Å². The van der Waals surface area contributed by atoms with Gasteiger partial charge in [-0.1, -0.05) is 18.2 Å². The number of hydrogen-bond acceptors (Lipinski definition) is 4. The zero-order valence-electron chi connectivity index (χ0n) is 13.0. The summed E-state index contributed by atoms with van der Waals surface area (Å²) in [6, 6.07) is 14.1. The summed E-state index contributed by atoms with van der Waals surface area (Å²) in [7, 11) is 2.09. The van der Waals surface area contributed by atoms with Crippen molar-refractivity contribution in [2.45, 2.75) is 19.1 Å². The molecule has 5 nitrogen and oxygen atoms in total. The maximum absolute atomic E-state index is 5.99. The second kappa shape index (κ2) is 5.93. The smallest absolute Gasteiger partial charge is 0.152 e. The summed E-state index contributed by atoms with van der Waals surface area (Å²) in [6.07, 6.45) is 2.90. The molecule has 1 aliphatic rings. The minimum Gasteiger partial charge on any atom is -0.488 e. The zero-order chi connectivity index (χ0) is 15.6. The van der Waals surface area contributed by atoms with Crippen molar-refractivity contribution >= 4 is 0 Å². The fourth-order valence-corrected chi connectivity index (χ4v) is 3.03. The van der Waals surface area contributed by atoms with E-state index in [-0.39, 0.29) is 6.10 Å². The molecule has 0 radical (unpaired) electrons. The van der Waals surface area contributed by atoms with Gasteiger partial charge >= 0.3 is 0 Å². The molecule has 2 aromatic heterocycles. The quantitative estimate of drug-likeness (QED) is 0.787. The highest BCUT2D eigenvalue weighted by molar-refractivity contribution is 5.51. The summed E-state index contributed by atoms with van der Waals surface area (Å²) in [5, 5.41) is 6.86. The van der Waals surface area contributed by atoms with E-state index < -0.39 is 0 Å². The Labute approximate surface area is 134 Å². The summed E-state index contributed by atoms with van der Waals surface area (Å²) in [6.45, 7) is 1.62. The lowest BCUT2D eigenvalue weighted by Crippen LogP contribution is -2.31. The molecule has 0 aliphatic carbocycles. The number of benzene rings is 1. The van der Waals surface area contributed by atoms with Gasteiger partial charge in [0.15, 0.2) is 5.76 Å². The molecule has 0 bridgehead atoms. The summed E-state index contributed by atoms with van der Waals surface area (Å²) < 4.78 is 11.9. The van der Waals surface area contributed by atoms with E-state index in [4.69, 9.17) is 9.15 Å². The predicted octanol–water partition coefficient (Wildman–Crippen LogP) is 3.11. The monoisotopic (exact) mass is 309 g/mol. The van der Waals surface area contributed by atoms with Crippen LogP contribution in [0.3, 0.4) is 0 Å². The minimum atomic E-state index is 0.208. The number of nitrogens with one attached hydrogen (secondary N) is 1. The molecule has 0 amide bonds. The Bertz CT molecular complexity index is 754. The van der Waals surface area contributed by atoms with Crippen molar-refractivity contribution in [2.75, 3.05) is 13.6 Å². The molecule has 4 rings (SSSR count). The minimum absolute atomic E-state index is 0.208. The van der Waals surface area contributed by atoms with Crippen molar-refractivity contribution < 1.29 is 9.15 Å². The number of rotatable bonds is 5. The number of fused-ring (bicyclic) bond motifs is 1. The first-order valence-electron chi connectivity index (χ1n) is 7.79. The van der Waals surface area contributed by atoms with E-state index in [0.717, 1.165) is 42.5 Å². The Kier molecular flexibility index (Phi) is 3.63. The summed E-state index contributed by atoms with van der Waals surface area (Å²) >= 11 is 0. The molecule has 3 heterocycles. The Balaban J connectivity index is 1.35. The van der Waals surface area contributed by atoms with Gasteiger partial charge in [-0.3, -0.25) is 10.00 Å². The average Bonchev–Trinajstić information content (AvgIpc) is 3.26. The Morgan fingerprint density at radius 3 is 2.96 bits per heavy atom. The lowest BCUT2D eigenvalue weighted by Gasteiger charge is -2.19. The topological polar surface area (TPSA) is 54.3 Å². The van der Waals surface area contributed by atoms with Crippen molar-refractivity contribution in [3.05, 3.63) is 60.0 Å². The number of H-pyrrole nitrogens is 1. The number of para-hydroxylation sites is 1. The van der Waals surface area contributed by atoms with Gasteiger partial charge in [0.2, 0.25) is 0 Å². The highest BCUT2D eigenvalue weighted by Crippen LogP contribution is 2.28. The van der Waals surface area contributed by atoms with Crippen molar-refractivity contribution in [1.82, 2.24) is 15.1 Å². The molecule has 5 heteroatoms. The van der Waals surface area contributed by atoms with Crippen LogP contribution < -0.4 is 4.74 Å².